The van der Waals surface area contributed by atoms with Gasteiger partial charge in [0.05, 0.1) is 26.4 Å². The molecule has 6 heteroatoms. The van der Waals surface area contributed by atoms with Crippen LogP contribution in [-0.4, -0.2) is 19.8 Å². The van der Waals surface area contributed by atoms with E-state index in [-0.39, 0.29) is 30.0 Å². The molecule has 180 valence electrons. The minimum Gasteiger partial charge on any atom is -0.497 e. The van der Waals surface area contributed by atoms with Crippen molar-refractivity contribution in [3.05, 3.63) is 83.2 Å². The molecule has 0 N–H and O–H groups in total. The Morgan fingerprint density at radius 1 is 0.824 bits per heavy atom. The molecule has 0 saturated heterocycles. The van der Waals surface area contributed by atoms with Gasteiger partial charge in [0.15, 0.2) is 11.6 Å². The molecule has 0 aliphatic heterocycles. The largest absolute Gasteiger partial charge is 0.497 e. The van der Waals surface area contributed by atoms with Crippen LogP contribution in [0.3, 0.4) is 0 Å². The molecule has 1 fully saturated rings. The summed E-state index contributed by atoms with van der Waals surface area (Å²) in [6, 6.07) is 15.0. The standard InChI is InChI=1S/C28H29F3O3/c1-3-33-23-13-8-20(26(29)16-23)17-34-22-11-6-19(7-12-22)25-15-14-24(27(30)28(25)31)18-4-9-21(32-2)10-5-18/h4-5,8-10,13-16,19,22H,3,6-7,11-12,17H2,1-2H3. The quantitative estimate of drug-likeness (QED) is 0.343. The van der Waals surface area contributed by atoms with Crippen LogP contribution in [0.1, 0.15) is 49.7 Å². The molecule has 34 heavy (non-hydrogen) atoms. The lowest BCUT2D eigenvalue weighted by Crippen LogP contribution is -2.21. The first-order valence-electron chi connectivity index (χ1n) is 11.6. The number of benzene rings is 3. The van der Waals surface area contributed by atoms with Crippen LogP contribution in [0.25, 0.3) is 11.1 Å². The maximum Gasteiger partial charge on any atom is 0.166 e. The van der Waals surface area contributed by atoms with Crippen molar-refractivity contribution >= 4 is 0 Å². The van der Waals surface area contributed by atoms with Crippen molar-refractivity contribution in [2.45, 2.75) is 51.2 Å². The van der Waals surface area contributed by atoms with Gasteiger partial charge in [-0.25, -0.2) is 13.2 Å². The molecule has 3 aromatic carbocycles. The van der Waals surface area contributed by atoms with Crippen molar-refractivity contribution in [2.75, 3.05) is 13.7 Å². The summed E-state index contributed by atoms with van der Waals surface area (Å²) in [4.78, 5) is 0. The monoisotopic (exact) mass is 470 g/mol. The first-order chi connectivity index (χ1) is 16.5. The van der Waals surface area contributed by atoms with Crippen LogP contribution in [0.5, 0.6) is 11.5 Å². The SMILES string of the molecule is CCOc1ccc(COC2CCC(c3ccc(-c4ccc(OC)cc4)c(F)c3F)CC2)c(F)c1. The molecule has 4 rings (SSSR count). The van der Waals surface area contributed by atoms with E-state index in [1.165, 1.54) is 6.07 Å². The Morgan fingerprint density at radius 2 is 1.53 bits per heavy atom. The van der Waals surface area contributed by atoms with Crippen molar-refractivity contribution in [1.29, 1.82) is 0 Å². The molecule has 0 amide bonds. The second kappa shape index (κ2) is 11.0. The van der Waals surface area contributed by atoms with E-state index in [0.29, 0.717) is 60.5 Å². The maximum atomic E-state index is 15.0. The van der Waals surface area contributed by atoms with Crippen molar-refractivity contribution in [2.24, 2.45) is 0 Å². The van der Waals surface area contributed by atoms with Gasteiger partial charge in [0.2, 0.25) is 0 Å². The zero-order chi connectivity index (χ0) is 24.1. The Bertz CT molecular complexity index is 1110. The van der Waals surface area contributed by atoms with Gasteiger partial charge >= 0.3 is 0 Å². The summed E-state index contributed by atoms with van der Waals surface area (Å²) < 4.78 is 60.5. The predicted molar refractivity (Wildman–Crippen MR) is 126 cm³/mol. The molecule has 1 aliphatic carbocycles. The van der Waals surface area contributed by atoms with Crippen molar-refractivity contribution in [3.8, 4) is 22.6 Å². The Kier molecular flexibility index (Phi) is 7.78. The maximum absolute atomic E-state index is 15.0. The molecule has 3 nitrogen and oxygen atoms in total. The van der Waals surface area contributed by atoms with E-state index >= 15 is 0 Å². The van der Waals surface area contributed by atoms with Gasteiger partial charge in [-0.3, -0.25) is 0 Å². The van der Waals surface area contributed by atoms with Gasteiger partial charge in [-0.2, -0.15) is 0 Å². The average Bonchev–Trinajstić information content (AvgIpc) is 2.86. The van der Waals surface area contributed by atoms with Crippen LogP contribution in [0.15, 0.2) is 54.6 Å². The zero-order valence-electron chi connectivity index (χ0n) is 19.5. The highest BCUT2D eigenvalue weighted by atomic mass is 19.2. The van der Waals surface area contributed by atoms with E-state index in [0.717, 1.165) is 0 Å². The van der Waals surface area contributed by atoms with Gasteiger partial charge < -0.3 is 14.2 Å². The van der Waals surface area contributed by atoms with E-state index in [2.05, 4.69) is 0 Å². The number of hydrogen-bond acceptors (Lipinski definition) is 3. The van der Waals surface area contributed by atoms with Gasteiger partial charge in [-0.15, -0.1) is 0 Å². The normalized spacial score (nSPS) is 18.0. The van der Waals surface area contributed by atoms with E-state index < -0.39 is 11.6 Å². The lowest BCUT2D eigenvalue weighted by Gasteiger charge is -2.29. The molecule has 0 unspecified atom stereocenters. The Labute approximate surface area is 198 Å². The highest BCUT2D eigenvalue weighted by Crippen LogP contribution is 2.38. The fraction of sp³-hybridized carbons (Fsp3) is 0.357. The highest BCUT2D eigenvalue weighted by Gasteiger charge is 2.27. The summed E-state index contributed by atoms with van der Waals surface area (Å²) in [6.07, 6.45) is 2.77. The van der Waals surface area contributed by atoms with Crippen molar-refractivity contribution < 1.29 is 27.4 Å². The van der Waals surface area contributed by atoms with E-state index in [9.17, 15) is 13.2 Å². The molecule has 0 radical (unpaired) electrons. The molecule has 0 bridgehead atoms. The van der Waals surface area contributed by atoms with Gasteiger partial charge in [0.25, 0.3) is 0 Å². The molecule has 3 aromatic rings. The summed E-state index contributed by atoms with van der Waals surface area (Å²) in [5, 5.41) is 0. The number of ether oxygens (including phenoxy) is 3. The first kappa shape index (κ1) is 24.1. The van der Waals surface area contributed by atoms with E-state index in [4.69, 9.17) is 14.2 Å². The third kappa shape index (κ3) is 5.39. The van der Waals surface area contributed by atoms with E-state index in [1.807, 2.05) is 6.92 Å². The number of rotatable bonds is 8. The molecule has 0 aromatic heterocycles. The fourth-order valence-electron chi connectivity index (χ4n) is 4.52. The summed E-state index contributed by atoms with van der Waals surface area (Å²) in [5.41, 5.74) is 1.72. The third-order valence-electron chi connectivity index (χ3n) is 6.44. The fourth-order valence-corrected chi connectivity index (χ4v) is 4.52. The number of halogens is 3. The Hall–Kier alpha value is -2.99. The molecular weight excluding hydrogens is 441 g/mol. The predicted octanol–water partition coefficient (Wildman–Crippen LogP) is 7.42. The zero-order valence-corrected chi connectivity index (χ0v) is 19.5. The van der Waals surface area contributed by atoms with Gasteiger partial charge in [-0.1, -0.05) is 30.3 Å². The summed E-state index contributed by atoms with van der Waals surface area (Å²) in [5.74, 6) is -0.876. The van der Waals surface area contributed by atoms with Gasteiger partial charge in [-0.05, 0) is 67.9 Å². The Balaban J connectivity index is 1.36. The highest BCUT2D eigenvalue weighted by molar-refractivity contribution is 5.65. The Morgan fingerprint density at radius 3 is 2.18 bits per heavy atom. The van der Waals surface area contributed by atoms with Gasteiger partial charge in [0, 0.05) is 17.2 Å². The van der Waals surface area contributed by atoms with Crippen molar-refractivity contribution in [1.82, 2.24) is 0 Å². The third-order valence-corrected chi connectivity index (χ3v) is 6.44. The first-order valence-corrected chi connectivity index (χ1v) is 11.6. The van der Waals surface area contributed by atoms with Crippen molar-refractivity contribution in [3.63, 3.8) is 0 Å². The molecule has 1 saturated carbocycles. The van der Waals surface area contributed by atoms with Crippen LogP contribution in [-0.2, 0) is 11.3 Å². The van der Waals surface area contributed by atoms with Crippen LogP contribution in [0.4, 0.5) is 13.2 Å². The number of methoxy groups -OCH3 is 1. The molecule has 0 spiro atoms. The summed E-state index contributed by atoms with van der Waals surface area (Å²) in [6.45, 7) is 2.50. The topological polar surface area (TPSA) is 27.7 Å². The van der Waals surface area contributed by atoms with Crippen LogP contribution in [0, 0.1) is 17.5 Å². The molecule has 0 atom stereocenters. The molecule has 0 heterocycles. The second-order valence-electron chi connectivity index (χ2n) is 8.53. The average molecular weight is 471 g/mol. The lowest BCUT2D eigenvalue weighted by molar-refractivity contribution is 0.0118. The summed E-state index contributed by atoms with van der Waals surface area (Å²) >= 11 is 0. The van der Waals surface area contributed by atoms with Gasteiger partial charge in [0.1, 0.15) is 17.3 Å². The van der Waals surface area contributed by atoms with Crippen LogP contribution in [0.2, 0.25) is 0 Å². The summed E-state index contributed by atoms with van der Waals surface area (Å²) in [7, 11) is 1.56. The second-order valence-corrected chi connectivity index (χ2v) is 8.53. The molecular formula is C28H29F3O3. The van der Waals surface area contributed by atoms with Crippen LogP contribution < -0.4 is 9.47 Å². The lowest BCUT2D eigenvalue weighted by atomic mass is 9.82. The van der Waals surface area contributed by atoms with E-state index in [1.54, 1.807) is 55.6 Å². The smallest absolute Gasteiger partial charge is 0.166 e. The minimum atomic E-state index is -0.827. The van der Waals surface area contributed by atoms with Crippen LogP contribution >= 0.6 is 0 Å². The number of hydrogen-bond donors (Lipinski definition) is 0. The minimum absolute atomic E-state index is 0.0336. The molecule has 1 aliphatic rings.